The second-order valence-electron chi connectivity index (χ2n) is 3.15. The minimum absolute atomic E-state index is 0. The Bertz CT molecular complexity index is 165. The SMILES string of the molecule is CN1C[C@@H](CC(=O)O)[C@H](O)C1.Cl. The molecule has 1 heterocycles. The van der Waals surface area contributed by atoms with E-state index >= 15 is 0 Å². The third-order valence-corrected chi connectivity index (χ3v) is 2.03. The highest BCUT2D eigenvalue weighted by molar-refractivity contribution is 5.85. The summed E-state index contributed by atoms with van der Waals surface area (Å²) >= 11 is 0. The lowest BCUT2D eigenvalue weighted by atomic mass is 10.0. The Morgan fingerprint density at radius 2 is 2.17 bits per heavy atom. The highest BCUT2D eigenvalue weighted by atomic mass is 35.5. The number of carboxylic acids is 1. The summed E-state index contributed by atoms with van der Waals surface area (Å²) in [5, 5.41) is 17.8. The van der Waals surface area contributed by atoms with Crippen molar-refractivity contribution in [2.75, 3.05) is 20.1 Å². The van der Waals surface area contributed by atoms with Crippen LogP contribution in [0.1, 0.15) is 6.42 Å². The molecular formula is C7H14ClNO3. The molecule has 2 atom stereocenters. The Morgan fingerprint density at radius 3 is 2.50 bits per heavy atom. The monoisotopic (exact) mass is 195 g/mol. The van der Waals surface area contributed by atoms with Crippen LogP contribution in [0.4, 0.5) is 0 Å². The van der Waals surface area contributed by atoms with E-state index in [-0.39, 0.29) is 24.7 Å². The van der Waals surface area contributed by atoms with Crippen molar-refractivity contribution in [2.24, 2.45) is 5.92 Å². The number of β-amino-alcohol motifs (C(OH)–C–C–N with tert-alkyl or cyclic N) is 1. The van der Waals surface area contributed by atoms with Crippen molar-refractivity contribution in [3.05, 3.63) is 0 Å². The van der Waals surface area contributed by atoms with E-state index in [0.29, 0.717) is 13.1 Å². The predicted molar refractivity (Wildman–Crippen MR) is 46.5 cm³/mol. The first-order valence-corrected chi connectivity index (χ1v) is 3.68. The van der Waals surface area contributed by atoms with Crippen molar-refractivity contribution in [1.29, 1.82) is 0 Å². The molecule has 1 fully saturated rings. The average molecular weight is 196 g/mol. The maximum absolute atomic E-state index is 10.3. The molecule has 1 rings (SSSR count). The van der Waals surface area contributed by atoms with E-state index in [1.54, 1.807) is 0 Å². The van der Waals surface area contributed by atoms with Crippen LogP contribution in [-0.4, -0.2) is 47.3 Å². The van der Waals surface area contributed by atoms with Crippen molar-refractivity contribution in [3.8, 4) is 0 Å². The number of hydrogen-bond donors (Lipinski definition) is 2. The standard InChI is InChI=1S/C7H13NO3.ClH/c1-8-3-5(2-7(10)11)6(9)4-8;/h5-6,9H,2-4H2,1H3,(H,10,11);1H/t5-,6-;/m1./s1. The van der Waals surface area contributed by atoms with Crippen LogP contribution in [0.15, 0.2) is 0 Å². The average Bonchev–Trinajstić information content (AvgIpc) is 2.09. The van der Waals surface area contributed by atoms with E-state index < -0.39 is 12.1 Å². The second-order valence-corrected chi connectivity index (χ2v) is 3.15. The van der Waals surface area contributed by atoms with E-state index in [1.165, 1.54) is 0 Å². The van der Waals surface area contributed by atoms with Gasteiger partial charge < -0.3 is 15.1 Å². The molecule has 1 aliphatic heterocycles. The quantitative estimate of drug-likeness (QED) is 0.641. The molecule has 5 heteroatoms. The summed E-state index contributed by atoms with van der Waals surface area (Å²) in [5.41, 5.74) is 0. The molecule has 1 aliphatic rings. The number of hydrogen-bond acceptors (Lipinski definition) is 3. The molecule has 0 spiro atoms. The van der Waals surface area contributed by atoms with Gasteiger partial charge in [0, 0.05) is 19.0 Å². The van der Waals surface area contributed by atoms with E-state index in [9.17, 15) is 9.90 Å². The summed E-state index contributed by atoms with van der Waals surface area (Å²) in [7, 11) is 1.88. The lowest BCUT2D eigenvalue weighted by Crippen LogP contribution is -2.20. The Kier molecular flexibility index (Phi) is 4.52. The third kappa shape index (κ3) is 2.97. The molecule has 0 aromatic heterocycles. The van der Waals surface area contributed by atoms with Gasteiger partial charge in [-0.3, -0.25) is 4.79 Å². The van der Waals surface area contributed by atoms with Gasteiger partial charge in [0.15, 0.2) is 0 Å². The Balaban J connectivity index is 0.00000121. The molecule has 4 nitrogen and oxygen atoms in total. The predicted octanol–water partition coefficient (Wildman–Crippen LogP) is -0.195. The first kappa shape index (κ1) is 11.7. The van der Waals surface area contributed by atoms with Gasteiger partial charge in [0.05, 0.1) is 12.5 Å². The number of aliphatic hydroxyl groups is 1. The summed E-state index contributed by atoms with van der Waals surface area (Å²) in [6.45, 7) is 1.28. The molecule has 72 valence electrons. The Morgan fingerprint density at radius 1 is 1.58 bits per heavy atom. The minimum atomic E-state index is -0.829. The molecule has 0 aliphatic carbocycles. The number of likely N-dealkylation sites (tertiary alicyclic amines) is 1. The normalized spacial score (nSPS) is 29.8. The summed E-state index contributed by atoms with van der Waals surface area (Å²) in [5.74, 6) is -0.915. The van der Waals surface area contributed by atoms with E-state index in [2.05, 4.69) is 0 Å². The lowest BCUT2D eigenvalue weighted by Gasteiger charge is -2.08. The fraction of sp³-hybridized carbons (Fsp3) is 0.857. The van der Waals surface area contributed by atoms with Gasteiger partial charge in [-0.05, 0) is 7.05 Å². The molecular weight excluding hydrogens is 182 g/mol. The van der Waals surface area contributed by atoms with Crippen LogP contribution < -0.4 is 0 Å². The highest BCUT2D eigenvalue weighted by Crippen LogP contribution is 2.18. The molecule has 0 unspecified atom stereocenters. The van der Waals surface area contributed by atoms with Crippen LogP contribution in [0.3, 0.4) is 0 Å². The van der Waals surface area contributed by atoms with Crippen molar-refractivity contribution < 1.29 is 15.0 Å². The van der Waals surface area contributed by atoms with Gasteiger partial charge in [-0.15, -0.1) is 12.4 Å². The number of rotatable bonds is 2. The number of carboxylic acid groups (broad SMARTS) is 1. The van der Waals surface area contributed by atoms with Crippen LogP contribution >= 0.6 is 12.4 Å². The number of likely N-dealkylation sites (N-methyl/N-ethyl adjacent to an activating group) is 1. The first-order chi connectivity index (χ1) is 5.09. The summed E-state index contributed by atoms with van der Waals surface area (Å²) < 4.78 is 0. The van der Waals surface area contributed by atoms with Gasteiger partial charge in [0.2, 0.25) is 0 Å². The zero-order valence-electron chi connectivity index (χ0n) is 6.93. The van der Waals surface area contributed by atoms with Gasteiger partial charge in [-0.25, -0.2) is 0 Å². The smallest absolute Gasteiger partial charge is 0.303 e. The van der Waals surface area contributed by atoms with Gasteiger partial charge in [0.25, 0.3) is 0 Å². The van der Waals surface area contributed by atoms with Gasteiger partial charge in [0.1, 0.15) is 0 Å². The fourth-order valence-corrected chi connectivity index (χ4v) is 1.49. The molecule has 12 heavy (non-hydrogen) atoms. The number of carbonyl (C=O) groups is 1. The van der Waals surface area contributed by atoms with Gasteiger partial charge in [-0.2, -0.15) is 0 Å². The fourth-order valence-electron chi connectivity index (χ4n) is 1.49. The maximum atomic E-state index is 10.3. The van der Waals surface area contributed by atoms with Crippen LogP contribution in [0.5, 0.6) is 0 Å². The van der Waals surface area contributed by atoms with Crippen LogP contribution in [0.2, 0.25) is 0 Å². The molecule has 2 N–H and O–H groups in total. The summed E-state index contributed by atoms with van der Waals surface area (Å²) in [4.78, 5) is 12.2. The van der Waals surface area contributed by atoms with Crippen molar-refractivity contribution in [3.63, 3.8) is 0 Å². The van der Waals surface area contributed by atoms with E-state index in [1.807, 2.05) is 11.9 Å². The summed E-state index contributed by atoms with van der Waals surface area (Å²) in [6, 6.07) is 0. The highest BCUT2D eigenvalue weighted by Gasteiger charge is 2.30. The molecule has 0 amide bonds. The topological polar surface area (TPSA) is 60.8 Å². The minimum Gasteiger partial charge on any atom is -0.481 e. The molecule has 0 saturated carbocycles. The molecule has 0 radical (unpaired) electrons. The second kappa shape index (κ2) is 4.64. The van der Waals surface area contributed by atoms with Gasteiger partial charge >= 0.3 is 5.97 Å². The van der Waals surface area contributed by atoms with Gasteiger partial charge in [-0.1, -0.05) is 0 Å². The molecule has 0 aromatic rings. The van der Waals surface area contributed by atoms with Crippen LogP contribution in [0, 0.1) is 5.92 Å². The first-order valence-electron chi connectivity index (χ1n) is 3.68. The maximum Gasteiger partial charge on any atom is 0.303 e. The zero-order chi connectivity index (χ0) is 8.43. The zero-order valence-corrected chi connectivity index (χ0v) is 7.75. The molecule has 0 aromatic carbocycles. The molecule has 0 bridgehead atoms. The Hall–Kier alpha value is -0.320. The van der Waals surface area contributed by atoms with Crippen LogP contribution in [-0.2, 0) is 4.79 Å². The van der Waals surface area contributed by atoms with E-state index in [4.69, 9.17) is 5.11 Å². The number of aliphatic hydroxyl groups excluding tert-OH is 1. The number of aliphatic carboxylic acids is 1. The van der Waals surface area contributed by atoms with Crippen LogP contribution in [0.25, 0.3) is 0 Å². The number of nitrogens with zero attached hydrogens (tertiary/aromatic N) is 1. The third-order valence-electron chi connectivity index (χ3n) is 2.03. The van der Waals surface area contributed by atoms with Crippen molar-refractivity contribution in [1.82, 2.24) is 4.90 Å². The molecule has 1 saturated heterocycles. The van der Waals surface area contributed by atoms with Crippen molar-refractivity contribution >= 4 is 18.4 Å². The Labute approximate surface area is 77.6 Å². The largest absolute Gasteiger partial charge is 0.481 e. The number of halogens is 1. The van der Waals surface area contributed by atoms with Crippen molar-refractivity contribution in [2.45, 2.75) is 12.5 Å². The summed E-state index contributed by atoms with van der Waals surface area (Å²) in [6.07, 6.45) is -0.387. The lowest BCUT2D eigenvalue weighted by molar-refractivity contribution is -0.138. The van der Waals surface area contributed by atoms with E-state index in [0.717, 1.165) is 0 Å².